The largest absolute Gasteiger partial charge is 0.383 e. The van der Waals surface area contributed by atoms with Gasteiger partial charge in [0.05, 0.1) is 19.8 Å². The molecule has 0 aliphatic heterocycles. The lowest BCUT2D eigenvalue weighted by Gasteiger charge is -2.05. The summed E-state index contributed by atoms with van der Waals surface area (Å²) in [5.41, 5.74) is 0. The molecule has 0 aliphatic rings. The van der Waals surface area contributed by atoms with Gasteiger partial charge in [-0.15, -0.1) is 0 Å². The summed E-state index contributed by atoms with van der Waals surface area (Å²) in [7, 11) is 3.42. The standard InChI is InChI=1S/C12H27NO3/c1-14-10-8-13-7-5-3-4-6-9-16-12-11-15-2/h13H,3-12H2,1-2H3. The predicted octanol–water partition coefficient (Wildman–Crippen LogP) is 1.45. The van der Waals surface area contributed by atoms with Gasteiger partial charge in [0.1, 0.15) is 0 Å². The van der Waals surface area contributed by atoms with Gasteiger partial charge in [-0.1, -0.05) is 12.8 Å². The minimum Gasteiger partial charge on any atom is -0.383 e. The van der Waals surface area contributed by atoms with Crippen molar-refractivity contribution in [1.82, 2.24) is 5.32 Å². The second-order valence-electron chi connectivity index (χ2n) is 3.76. The maximum Gasteiger partial charge on any atom is 0.0700 e. The summed E-state index contributed by atoms with van der Waals surface area (Å²) in [6.07, 6.45) is 4.91. The predicted molar refractivity (Wildman–Crippen MR) is 65.9 cm³/mol. The van der Waals surface area contributed by atoms with E-state index in [9.17, 15) is 0 Å². The zero-order valence-corrected chi connectivity index (χ0v) is 10.8. The van der Waals surface area contributed by atoms with Crippen LogP contribution in [0, 0.1) is 0 Å². The quantitative estimate of drug-likeness (QED) is 0.489. The molecular formula is C12H27NO3. The Kier molecular flexibility index (Phi) is 14.7. The van der Waals surface area contributed by atoms with Crippen molar-refractivity contribution in [2.45, 2.75) is 25.7 Å². The summed E-state index contributed by atoms with van der Waals surface area (Å²) in [5, 5.41) is 3.33. The topological polar surface area (TPSA) is 39.7 Å². The first-order valence-electron chi connectivity index (χ1n) is 6.18. The Balaban J connectivity index is 2.83. The lowest BCUT2D eigenvalue weighted by molar-refractivity contribution is 0.0686. The van der Waals surface area contributed by atoms with E-state index in [1.807, 2.05) is 0 Å². The van der Waals surface area contributed by atoms with Gasteiger partial charge in [0.2, 0.25) is 0 Å². The molecule has 98 valence electrons. The Hall–Kier alpha value is -0.160. The van der Waals surface area contributed by atoms with Crippen LogP contribution < -0.4 is 5.32 Å². The van der Waals surface area contributed by atoms with Crippen LogP contribution in [-0.2, 0) is 14.2 Å². The van der Waals surface area contributed by atoms with Crippen molar-refractivity contribution in [2.24, 2.45) is 0 Å². The number of unbranched alkanes of at least 4 members (excludes halogenated alkanes) is 3. The second kappa shape index (κ2) is 14.8. The van der Waals surface area contributed by atoms with Crippen molar-refractivity contribution in [1.29, 1.82) is 0 Å². The molecule has 4 heteroatoms. The van der Waals surface area contributed by atoms with Crippen molar-refractivity contribution in [2.75, 3.05) is 53.7 Å². The summed E-state index contributed by atoms with van der Waals surface area (Å²) in [6, 6.07) is 0. The molecule has 0 bridgehead atoms. The zero-order valence-electron chi connectivity index (χ0n) is 10.8. The highest BCUT2D eigenvalue weighted by molar-refractivity contribution is 4.48. The van der Waals surface area contributed by atoms with E-state index in [2.05, 4.69) is 5.32 Å². The third-order valence-electron chi connectivity index (χ3n) is 2.31. The van der Waals surface area contributed by atoms with E-state index in [4.69, 9.17) is 14.2 Å². The van der Waals surface area contributed by atoms with E-state index in [1.54, 1.807) is 14.2 Å². The minimum absolute atomic E-state index is 0.698. The van der Waals surface area contributed by atoms with Gasteiger partial charge in [-0.25, -0.2) is 0 Å². The second-order valence-corrected chi connectivity index (χ2v) is 3.76. The van der Waals surface area contributed by atoms with Crippen LogP contribution in [0.5, 0.6) is 0 Å². The molecule has 1 N–H and O–H groups in total. The highest BCUT2D eigenvalue weighted by Gasteiger charge is 1.91. The van der Waals surface area contributed by atoms with Crippen LogP contribution in [0.15, 0.2) is 0 Å². The Morgan fingerprint density at radius 3 is 2.19 bits per heavy atom. The van der Waals surface area contributed by atoms with Crippen molar-refractivity contribution in [3.63, 3.8) is 0 Å². The summed E-state index contributed by atoms with van der Waals surface area (Å²) >= 11 is 0. The van der Waals surface area contributed by atoms with Crippen molar-refractivity contribution in [3.8, 4) is 0 Å². The number of methoxy groups -OCH3 is 2. The molecule has 16 heavy (non-hydrogen) atoms. The third-order valence-corrected chi connectivity index (χ3v) is 2.31. The van der Waals surface area contributed by atoms with Gasteiger partial charge in [0.25, 0.3) is 0 Å². The molecule has 0 aromatic carbocycles. The van der Waals surface area contributed by atoms with Crippen molar-refractivity contribution < 1.29 is 14.2 Å². The van der Waals surface area contributed by atoms with Gasteiger partial charge in [0.15, 0.2) is 0 Å². The van der Waals surface area contributed by atoms with Crippen LogP contribution in [0.2, 0.25) is 0 Å². The van der Waals surface area contributed by atoms with Gasteiger partial charge in [-0.05, 0) is 19.4 Å². The Labute approximate surface area is 99.6 Å². The Morgan fingerprint density at radius 1 is 0.688 bits per heavy atom. The highest BCUT2D eigenvalue weighted by Crippen LogP contribution is 1.99. The number of hydrogen-bond acceptors (Lipinski definition) is 4. The first-order chi connectivity index (χ1) is 7.91. The average Bonchev–Trinajstić information content (AvgIpc) is 2.31. The van der Waals surface area contributed by atoms with E-state index in [1.165, 1.54) is 19.3 Å². The Bertz CT molecular complexity index is 109. The fourth-order valence-electron chi connectivity index (χ4n) is 1.35. The van der Waals surface area contributed by atoms with E-state index in [0.29, 0.717) is 6.61 Å². The zero-order chi connectivity index (χ0) is 11.9. The molecule has 4 nitrogen and oxygen atoms in total. The SMILES string of the molecule is COCCNCCCCCCOCCOC. The van der Waals surface area contributed by atoms with Crippen LogP contribution in [0.4, 0.5) is 0 Å². The molecule has 0 rings (SSSR count). The number of hydrogen-bond donors (Lipinski definition) is 1. The maximum absolute atomic E-state index is 5.38. The van der Waals surface area contributed by atoms with E-state index >= 15 is 0 Å². The molecule has 0 atom stereocenters. The van der Waals surface area contributed by atoms with E-state index < -0.39 is 0 Å². The van der Waals surface area contributed by atoms with Gasteiger partial charge in [0, 0.05) is 27.4 Å². The first kappa shape index (κ1) is 15.8. The lowest BCUT2D eigenvalue weighted by Crippen LogP contribution is -2.20. The molecule has 0 spiro atoms. The fraction of sp³-hybridized carbons (Fsp3) is 1.00. The van der Waals surface area contributed by atoms with Crippen LogP contribution in [0.25, 0.3) is 0 Å². The monoisotopic (exact) mass is 233 g/mol. The highest BCUT2D eigenvalue weighted by atomic mass is 16.5. The molecule has 0 saturated heterocycles. The molecule has 0 aromatic rings. The molecule has 0 saturated carbocycles. The van der Waals surface area contributed by atoms with Crippen LogP contribution in [-0.4, -0.2) is 53.7 Å². The van der Waals surface area contributed by atoms with Crippen LogP contribution in [0.1, 0.15) is 25.7 Å². The molecule has 0 unspecified atom stereocenters. The molecule has 0 fully saturated rings. The summed E-state index contributed by atoms with van der Waals surface area (Å²) < 4.78 is 15.2. The average molecular weight is 233 g/mol. The fourth-order valence-corrected chi connectivity index (χ4v) is 1.35. The Morgan fingerprint density at radius 2 is 1.44 bits per heavy atom. The van der Waals surface area contributed by atoms with Gasteiger partial charge < -0.3 is 19.5 Å². The normalized spacial score (nSPS) is 10.9. The number of rotatable bonds is 13. The molecule has 0 amide bonds. The van der Waals surface area contributed by atoms with Gasteiger partial charge in [-0.3, -0.25) is 0 Å². The molecule has 0 radical (unpaired) electrons. The molecule has 0 aliphatic carbocycles. The summed E-state index contributed by atoms with van der Waals surface area (Å²) in [6.45, 7) is 5.12. The third kappa shape index (κ3) is 13.8. The molecule has 0 heterocycles. The van der Waals surface area contributed by atoms with Crippen molar-refractivity contribution >= 4 is 0 Å². The van der Waals surface area contributed by atoms with Gasteiger partial charge in [-0.2, -0.15) is 0 Å². The maximum atomic E-state index is 5.38. The van der Waals surface area contributed by atoms with Crippen LogP contribution in [0.3, 0.4) is 0 Å². The van der Waals surface area contributed by atoms with E-state index in [0.717, 1.165) is 39.3 Å². The summed E-state index contributed by atoms with van der Waals surface area (Å²) in [5.74, 6) is 0. The number of nitrogens with one attached hydrogen (secondary N) is 1. The van der Waals surface area contributed by atoms with Crippen molar-refractivity contribution in [3.05, 3.63) is 0 Å². The lowest BCUT2D eigenvalue weighted by atomic mass is 10.2. The first-order valence-corrected chi connectivity index (χ1v) is 6.18. The van der Waals surface area contributed by atoms with E-state index in [-0.39, 0.29) is 0 Å². The minimum atomic E-state index is 0.698. The number of ether oxygens (including phenoxy) is 3. The smallest absolute Gasteiger partial charge is 0.0700 e. The molecular weight excluding hydrogens is 206 g/mol. The van der Waals surface area contributed by atoms with Crippen LogP contribution >= 0.6 is 0 Å². The summed E-state index contributed by atoms with van der Waals surface area (Å²) in [4.78, 5) is 0. The van der Waals surface area contributed by atoms with Gasteiger partial charge >= 0.3 is 0 Å². The molecule has 0 aromatic heterocycles.